The van der Waals surface area contributed by atoms with Crippen LogP contribution in [0.25, 0.3) is 0 Å². The molecule has 0 unspecified atom stereocenters. The second-order valence-electron chi connectivity index (χ2n) is 6.48. The molecule has 2 aromatic rings. The molecule has 0 fully saturated rings. The molecule has 0 spiro atoms. The summed E-state index contributed by atoms with van der Waals surface area (Å²) in [6.45, 7) is 0.398. The zero-order chi connectivity index (χ0) is 20.9. The number of carbonyl (C=O) groups is 2. The average molecular weight is 437 g/mol. The van der Waals surface area contributed by atoms with E-state index in [9.17, 15) is 22.4 Å². The molecular weight excluding hydrogens is 415 g/mol. The van der Waals surface area contributed by atoms with Crippen LogP contribution in [0.5, 0.6) is 0 Å². The van der Waals surface area contributed by atoms with Crippen molar-refractivity contribution in [2.24, 2.45) is 0 Å². The topological polar surface area (TPSA) is 83.6 Å². The van der Waals surface area contributed by atoms with Gasteiger partial charge in [0.2, 0.25) is 5.91 Å². The van der Waals surface area contributed by atoms with Gasteiger partial charge in [-0.25, -0.2) is 17.1 Å². The van der Waals surface area contributed by atoms with E-state index in [4.69, 9.17) is 0 Å². The summed E-state index contributed by atoms with van der Waals surface area (Å²) < 4.78 is 39.2. The standard InChI is InChI=1S/C20H21FN2O4S2/c21-17-8-3-1-6-15(17)14-28-13-11-22-19(24)10-5-12-23-20(25)16-7-2-4-9-18(16)29(23,26)27/h1-4,6-9H,5,10-14H2,(H,22,24). The van der Waals surface area contributed by atoms with Crippen LogP contribution in [0.4, 0.5) is 4.39 Å². The van der Waals surface area contributed by atoms with Gasteiger partial charge < -0.3 is 5.32 Å². The minimum Gasteiger partial charge on any atom is -0.355 e. The van der Waals surface area contributed by atoms with Crippen LogP contribution in [0, 0.1) is 5.82 Å². The monoisotopic (exact) mass is 436 g/mol. The van der Waals surface area contributed by atoms with E-state index >= 15 is 0 Å². The first-order valence-electron chi connectivity index (χ1n) is 9.15. The smallest absolute Gasteiger partial charge is 0.269 e. The second kappa shape index (κ2) is 9.41. The number of hydrogen-bond acceptors (Lipinski definition) is 5. The van der Waals surface area contributed by atoms with E-state index in [1.54, 1.807) is 30.3 Å². The van der Waals surface area contributed by atoms with Gasteiger partial charge in [-0.3, -0.25) is 9.59 Å². The molecule has 0 saturated carbocycles. The van der Waals surface area contributed by atoms with E-state index in [0.29, 0.717) is 23.6 Å². The molecule has 0 saturated heterocycles. The van der Waals surface area contributed by atoms with E-state index < -0.39 is 15.9 Å². The fraction of sp³-hybridized carbons (Fsp3) is 0.300. The molecule has 1 N–H and O–H groups in total. The molecule has 1 aliphatic rings. The first-order chi connectivity index (χ1) is 13.9. The highest BCUT2D eigenvalue weighted by Crippen LogP contribution is 2.29. The SMILES string of the molecule is O=C(CCCN1C(=O)c2ccccc2S1(=O)=O)NCCSCc1ccccc1F. The minimum atomic E-state index is -3.83. The first kappa shape index (κ1) is 21.3. The predicted molar refractivity (Wildman–Crippen MR) is 109 cm³/mol. The Hall–Kier alpha value is -2.39. The minimum absolute atomic E-state index is 0.0151. The van der Waals surface area contributed by atoms with Crippen molar-refractivity contribution < 1.29 is 22.4 Å². The Kier molecular flexibility index (Phi) is 6.92. The van der Waals surface area contributed by atoms with Gasteiger partial charge in [-0.15, -0.1) is 0 Å². The van der Waals surface area contributed by atoms with Crippen LogP contribution in [0.3, 0.4) is 0 Å². The molecule has 1 heterocycles. The normalized spacial score (nSPS) is 14.7. The Bertz CT molecular complexity index is 1010. The number of nitrogens with zero attached hydrogens (tertiary/aromatic N) is 1. The number of fused-ring (bicyclic) bond motifs is 1. The second-order valence-corrected chi connectivity index (χ2v) is 9.41. The van der Waals surface area contributed by atoms with Gasteiger partial charge in [0, 0.05) is 31.0 Å². The summed E-state index contributed by atoms with van der Waals surface area (Å²) >= 11 is 1.51. The highest BCUT2D eigenvalue weighted by molar-refractivity contribution is 7.98. The highest BCUT2D eigenvalue weighted by Gasteiger charge is 2.40. The summed E-state index contributed by atoms with van der Waals surface area (Å²) in [6.07, 6.45) is 0.362. The lowest BCUT2D eigenvalue weighted by Gasteiger charge is -2.14. The van der Waals surface area contributed by atoms with Crippen molar-refractivity contribution in [3.05, 3.63) is 65.5 Å². The Labute approximate surface area is 173 Å². The van der Waals surface area contributed by atoms with Crippen LogP contribution >= 0.6 is 11.8 Å². The third kappa shape index (κ3) is 4.97. The number of halogens is 1. The zero-order valence-electron chi connectivity index (χ0n) is 15.6. The maximum Gasteiger partial charge on any atom is 0.269 e. The number of nitrogens with one attached hydrogen (secondary N) is 1. The Morgan fingerprint density at radius 3 is 2.59 bits per heavy atom. The predicted octanol–water partition coefficient (Wildman–Crippen LogP) is 2.80. The lowest BCUT2D eigenvalue weighted by Crippen LogP contribution is -2.32. The van der Waals surface area contributed by atoms with Crippen molar-refractivity contribution in [1.29, 1.82) is 0 Å². The molecule has 29 heavy (non-hydrogen) atoms. The molecule has 2 aromatic carbocycles. The molecule has 3 rings (SSSR count). The van der Waals surface area contributed by atoms with Gasteiger partial charge in [0.25, 0.3) is 15.9 Å². The number of carbonyl (C=O) groups excluding carboxylic acids is 2. The maximum absolute atomic E-state index is 13.5. The number of amides is 2. The summed E-state index contributed by atoms with van der Waals surface area (Å²) in [5.41, 5.74) is 0.796. The molecule has 6 nitrogen and oxygen atoms in total. The number of rotatable bonds is 9. The quantitative estimate of drug-likeness (QED) is 0.611. The van der Waals surface area contributed by atoms with Crippen molar-refractivity contribution >= 4 is 33.6 Å². The van der Waals surface area contributed by atoms with Gasteiger partial charge in [-0.2, -0.15) is 11.8 Å². The van der Waals surface area contributed by atoms with Crippen LogP contribution in [0.2, 0.25) is 0 Å². The Morgan fingerprint density at radius 1 is 1.10 bits per heavy atom. The van der Waals surface area contributed by atoms with Crippen LogP contribution in [-0.2, 0) is 20.6 Å². The van der Waals surface area contributed by atoms with Crippen LogP contribution in [0.15, 0.2) is 53.4 Å². The lowest BCUT2D eigenvalue weighted by atomic mass is 10.2. The third-order valence-corrected chi connectivity index (χ3v) is 7.31. The summed E-state index contributed by atoms with van der Waals surface area (Å²) in [5, 5.41) is 2.75. The molecule has 0 aliphatic carbocycles. The number of hydrogen-bond donors (Lipinski definition) is 1. The molecule has 1 aliphatic heterocycles. The van der Waals surface area contributed by atoms with E-state index in [-0.39, 0.29) is 41.6 Å². The summed E-state index contributed by atoms with van der Waals surface area (Å²) in [6, 6.07) is 12.7. The Morgan fingerprint density at radius 2 is 1.83 bits per heavy atom. The largest absolute Gasteiger partial charge is 0.355 e. The first-order valence-corrected chi connectivity index (χ1v) is 11.7. The van der Waals surface area contributed by atoms with Crippen molar-refractivity contribution in [2.75, 3.05) is 18.8 Å². The van der Waals surface area contributed by atoms with Crippen molar-refractivity contribution in [3.8, 4) is 0 Å². The number of thioether (sulfide) groups is 1. The van der Waals surface area contributed by atoms with Crippen LogP contribution in [0.1, 0.15) is 28.8 Å². The molecule has 0 bridgehead atoms. The van der Waals surface area contributed by atoms with E-state index in [1.807, 2.05) is 0 Å². The van der Waals surface area contributed by atoms with Crippen LogP contribution < -0.4 is 5.32 Å². The third-order valence-electron chi connectivity index (χ3n) is 4.46. The fourth-order valence-corrected chi connectivity index (χ4v) is 5.44. The lowest BCUT2D eigenvalue weighted by molar-refractivity contribution is -0.121. The summed E-state index contributed by atoms with van der Waals surface area (Å²) in [7, 11) is -3.83. The van der Waals surface area contributed by atoms with Gasteiger partial charge in [0.15, 0.2) is 0 Å². The average Bonchev–Trinajstić information content (AvgIpc) is 2.90. The summed E-state index contributed by atoms with van der Waals surface area (Å²) in [5.74, 6) is 0.160. The van der Waals surface area contributed by atoms with Crippen molar-refractivity contribution in [1.82, 2.24) is 9.62 Å². The fourth-order valence-electron chi connectivity index (χ4n) is 2.98. The van der Waals surface area contributed by atoms with E-state index in [0.717, 1.165) is 4.31 Å². The van der Waals surface area contributed by atoms with E-state index in [2.05, 4.69) is 5.32 Å². The van der Waals surface area contributed by atoms with Gasteiger partial charge in [0.05, 0.1) is 5.56 Å². The number of sulfonamides is 1. The highest BCUT2D eigenvalue weighted by atomic mass is 32.2. The van der Waals surface area contributed by atoms with Crippen LogP contribution in [-0.4, -0.2) is 43.4 Å². The number of benzene rings is 2. The molecule has 154 valence electrons. The summed E-state index contributed by atoms with van der Waals surface area (Å²) in [4.78, 5) is 24.2. The van der Waals surface area contributed by atoms with Gasteiger partial charge in [-0.1, -0.05) is 30.3 Å². The van der Waals surface area contributed by atoms with Gasteiger partial charge >= 0.3 is 0 Å². The maximum atomic E-state index is 13.5. The van der Waals surface area contributed by atoms with E-state index in [1.165, 1.54) is 30.0 Å². The van der Waals surface area contributed by atoms with Crippen molar-refractivity contribution in [2.45, 2.75) is 23.5 Å². The zero-order valence-corrected chi connectivity index (χ0v) is 17.3. The molecule has 0 atom stereocenters. The van der Waals surface area contributed by atoms with Gasteiger partial charge in [0.1, 0.15) is 10.7 Å². The molecule has 0 radical (unpaired) electrons. The Balaban J connectivity index is 1.36. The molecule has 0 aromatic heterocycles. The van der Waals surface area contributed by atoms with Crippen molar-refractivity contribution in [3.63, 3.8) is 0 Å². The molecule has 2 amide bonds. The van der Waals surface area contributed by atoms with Gasteiger partial charge in [-0.05, 0) is 30.2 Å². The molecule has 9 heteroatoms. The molecular formula is C20H21FN2O4S2.